The van der Waals surface area contributed by atoms with Crippen molar-refractivity contribution in [1.29, 1.82) is 0 Å². The lowest BCUT2D eigenvalue weighted by molar-refractivity contribution is 0.114. The Balaban J connectivity index is 2.39. The molecule has 0 saturated heterocycles. The van der Waals surface area contributed by atoms with E-state index in [9.17, 15) is 5.11 Å². The quantitative estimate of drug-likeness (QED) is 0.727. The molecule has 1 unspecified atom stereocenters. The molecule has 114 valence electrons. The Kier molecular flexibility index (Phi) is 7.59. The minimum Gasteiger partial charge on any atom is -0.497 e. The molecule has 1 aromatic carbocycles. The molecule has 20 heavy (non-hydrogen) atoms. The second kappa shape index (κ2) is 8.95. The third-order valence-corrected chi connectivity index (χ3v) is 3.64. The van der Waals surface area contributed by atoms with Gasteiger partial charge in [0.05, 0.1) is 13.2 Å². The van der Waals surface area contributed by atoms with E-state index in [-0.39, 0.29) is 12.1 Å². The summed E-state index contributed by atoms with van der Waals surface area (Å²) in [6.07, 6.45) is -0.337. The van der Waals surface area contributed by atoms with Gasteiger partial charge in [0.2, 0.25) is 0 Å². The van der Waals surface area contributed by atoms with Gasteiger partial charge in [0.15, 0.2) is 0 Å². The average Bonchev–Trinajstić information content (AvgIpc) is 2.50. The molecule has 2 N–H and O–H groups in total. The maximum atomic E-state index is 10.0. The molecule has 0 spiro atoms. The van der Waals surface area contributed by atoms with Crippen LogP contribution in [0.5, 0.6) is 5.75 Å². The largest absolute Gasteiger partial charge is 0.497 e. The van der Waals surface area contributed by atoms with Gasteiger partial charge in [-0.05, 0) is 37.7 Å². The summed E-state index contributed by atoms with van der Waals surface area (Å²) >= 11 is 0. The van der Waals surface area contributed by atoms with Crippen LogP contribution >= 0.6 is 0 Å². The van der Waals surface area contributed by atoms with Crippen molar-refractivity contribution in [2.45, 2.75) is 32.9 Å². The summed E-state index contributed by atoms with van der Waals surface area (Å²) in [5, 5.41) is 13.4. The zero-order valence-corrected chi connectivity index (χ0v) is 13.1. The predicted molar refractivity (Wildman–Crippen MR) is 83.2 cm³/mol. The Morgan fingerprint density at radius 3 is 2.30 bits per heavy atom. The van der Waals surface area contributed by atoms with Gasteiger partial charge in [-0.3, -0.25) is 0 Å². The number of ether oxygens (including phenoxy) is 1. The number of hydrogen-bond acceptors (Lipinski definition) is 4. The molecular formula is C16H28N2O2. The number of benzene rings is 1. The highest BCUT2D eigenvalue weighted by molar-refractivity contribution is 5.28. The zero-order valence-electron chi connectivity index (χ0n) is 13.1. The van der Waals surface area contributed by atoms with Crippen molar-refractivity contribution in [3.05, 3.63) is 29.8 Å². The lowest BCUT2D eigenvalue weighted by atomic mass is 10.1. The Hall–Kier alpha value is -1.10. The summed E-state index contributed by atoms with van der Waals surface area (Å²) in [5.74, 6) is 0.863. The fraction of sp³-hybridized carbons (Fsp3) is 0.625. The van der Waals surface area contributed by atoms with Crippen LogP contribution in [0.4, 0.5) is 0 Å². The van der Waals surface area contributed by atoms with Gasteiger partial charge in [0, 0.05) is 19.1 Å². The Bertz CT molecular complexity index is 363. The molecule has 0 radical (unpaired) electrons. The first-order valence-electron chi connectivity index (χ1n) is 7.38. The van der Waals surface area contributed by atoms with E-state index in [2.05, 4.69) is 31.0 Å². The lowest BCUT2D eigenvalue weighted by Crippen LogP contribution is -2.38. The van der Waals surface area contributed by atoms with Crippen molar-refractivity contribution < 1.29 is 9.84 Å². The maximum absolute atomic E-state index is 10.0. The van der Waals surface area contributed by atoms with E-state index in [0.29, 0.717) is 6.54 Å². The van der Waals surface area contributed by atoms with Crippen LogP contribution < -0.4 is 10.1 Å². The Morgan fingerprint density at radius 2 is 1.80 bits per heavy atom. The number of aliphatic hydroxyl groups excluding tert-OH is 1. The first-order chi connectivity index (χ1) is 9.60. The Labute approximate surface area is 122 Å². The van der Waals surface area contributed by atoms with E-state index in [0.717, 1.165) is 25.4 Å². The van der Waals surface area contributed by atoms with Gasteiger partial charge < -0.3 is 20.1 Å². The lowest BCUT2D eigenvalue weighted by Gasteiger charge is -2.23. The summed E-state index contributed by atoms with van der Waals surface area (Å²) < 4.78 is 5.15. The molecule has 0 bridgehead atoms. The summed E-state index contributed by atoms with van der Waals surface area (Å²) in [6.45, 7) is 9.60. The smallest absolute Gasteiger partial charge is 0.118 e. The number of nitrogens with zero attached hydrogens (tertiary/aromatic N) is 1. The minimum absolute atomic E-state index is 0.215. The van der Waals surface area contributed by atoms with Gasteiger partial charge in [-0.15, -0.1) is 0 Å². The van der Waals surface area contributed by atoms with E-state index < -0.39 is 0 Å². The topological polar surface area (TPSA) is 44.7 Å². The second-order valence-electron chi connectivity index (χ2n) is 5.04. The molecule has 0 aliphatic heterocycles. The van der Waals surface area contributed by atoms with Gasteiger partial charge in [0.1, 0.15) is 5.75 Å². The third-order valence-electron chi connectivity index (χ3n) is 3.64. The molecule has 0 amide bonds. The first-order valence-corrected chi connectivity index (χ1v) is 7.38. The van der Waals surface area contributed by atoms with Gasteiger partial charge in [0.25, 0.3) is 0 Å². The SMILES string of the molecule is CCN(CC)CC(O)CN[C@H](C)c1ccc(OC)cc1. The first kappa shape index (κ1) is 17.0. The maximum Gasteiger partial charge on any atom is 0.118 e. The standard InChI is InChI=1S/C16H28N2O2/c1-5-18(6-2)12-15(19)11-17-13(3)14-7-9-16(20-4)10-8-14/h7-10,13,15,17,19H,5-6,11-12H2,1-4H3/t13-,15?/m1/s1. The molecule has 0 aliphatic carbocycles. The highest BCUT2D eigenvalue weighted by atomic mass is 16.5. The number of aliphatic hydroxyl groups is 1. The highest BCUT2D eigenvalue weighted by Crippen LogP contribution is 2.17. The van der Waals surface area contributed by atoms with Crippen molar-refractivity contribution in [2.24, 2.45) is 0 Å². The zero-order chi connectivity index (χ0) is 15.0. The van der Waals surface area contributed by atoms with Crippen LogP contribution in [0.25, 0.3) is 0 Å². The van der Waals surface area contributed by atoms with Crippen molar-refractivity contribution in [3.8, 4) is 5.75 Å². The van der Waals surface area contributed by atoms with E-state index >= 15 is 0 Å². The van der Waals surface area contributed by atoms with Crippen LogP contribution in [-0.2, 0) is 0 Å². The number of nitrogens with one attached hydrogen (secondary N) is 1. The van der Waals surface area contributed by atoms with E-state index in [4.69, 9.17) is 4.74 Å². The third kappa shape index (κ3) is 5.49. The normalized spacial score (nSPS) is 14.3. The number of likely N-dealkylation sites (N-methyl/N-ethyl adjacent to an activating group) is 1. The fourth-order valence-corrected chi connectivity index (χ4v) is 2.17. The summed E-state index contributed by atoms with van der Waals surface area (Å²) in [5.41, 5.74) is 1.20. The van der Waals surface area contributed by atoms with Crippen molar-refractivity contribution in [1.82, 2.24) is 10.2 Å². The summed E-state index contributed by atoms with van der Waals surface area (Å²) in [4.78, 5) is 2.23. The molecule has 4 nitrogen and oxygen atoms in total. The molecule has 0 saturated carbocycles. The summed E-state index contributed by atoms with van der Waals surface area (Å²) in [6, 6.07) is 8.23. The summed E-state index contributed by atoms with van der Waals surface area (Å²) in [7, 11) is 1.67. The minimum atomic E-state index is -0.337. The van der Waals surface area contributed by atoms with Crippen molar-refractivity contribution >= 4 is 0 Å². The number of rotatable bonds is 9. The molecule has 2 atom stereocenters. The van der Waals surface area contributed by atoms with Crippen LogP contribution in [0.2, 0.25) is 0 Å². The van der Waals surface area contributed by atoms with Crippen molar-refractivity contribution in [2.75, 3.05) is 33.3 Å². The van der Waals surface area contributed by atoms with Crippen LogP contribution in [0.1, 0.15) is 32.4 Å². The fourth-order valence-electron chi connectivity index (χ4n) is 2.17. The van der Waals surface area contributed by atoms with Crippen molar-refractivity contribution in [3.63, 3.8) is 0 Å². The molecule has 4 heteroatoms. The van der Waals surface area contributed by atoms with Crippen LogP contribution in [0.15, 0.2) is 24.3 Å². The van der Waals surface area contributed by atoms with Crippen LogP contribution in [0.3, 0.4) is 0 Å². The number of hydrogen-bond donors (Lipinski definition) is 2. The average molecular weight is 280 g/mol. The van der Waals surface area contributed by atoms with E-state index in [1.165, 1.54) is 5.56 Å². The van der Waals surface area contributed by atoms with Gasteiger partial charge >= 0.3 is 0 Å². The molecule has 0 fully saturated rings. The molecular weight excluding hydrogens is 252 g/mol. The van der Waals surface area contributed by atoms with Crippen LogP contribution in [-0.4, -0.2) is 49.4 Å². The molecule has 0 aromatic heterocycles. The molecule has 1 rings (SSSR count). The van der Waals surface area contributed by atoms with Gasteiger partial charge in [-0.1, -0.05) is 26.0 Å². The molecule has 0 aliphatic rings. The van der Waals surface area contributed by atoms with Gasteiger partial charge in [-0.25, -0.2) is 0 Å². The Morgan fingerprint density at radius 1 is 1.20 bits per heavy atom. The number of methoxy groups -OCH3 is 1. The predicted octanol–water partition coefficient (Wildman–Crippen LogP) is 2.05. The second-order valence-corrected chi connectivity index (χ2v) is 5.04. The highest BCUT2D eigenvalue weighted by Gasteiger charge is 2.11. The molecule has 1 aromatic rings. The molecule has 0 heterocycles. The van der Waals surface area contributed by atoms with E-state index in [1.807, 2.05) is 24.3 Å². The van der Waals surface area contributed by atoms with Gasteiger partial charge in [-0.2, -0.15) is 0 Å². The van der Waals surface area contributed by atoms with E-state index in [1.54, 1.807) is 7.11 Å². The monoisotopic (exact) mass is 280 g/mol. The van der Waals surface area contributed by atoms with Crippen LogP contribution in [0, 0.1) is 0 Å².